The largest absolute Gasteiger partial charge is 0.464 e. The van der Waals surface area contributed by atoms with Gasteiger partial charge < -0.3 is 9.32 Å². The van der Waals surface area contributed by atoms with Gasteiger partial charge in [0, 0.05) is 7.05 Å². The molecule has 2 heterocycles. The van der Waals surface area contributed by atoms with Gasteiger partial charge in [-0.25, -0.2) is 4.98 Å². The SMILES string of the molecule is Cc1ccc(CN(C)C(=O)CSc2nc3ccccc3c(=O)n2-c2ccccc2C)o1. The Kier molecular flexibility index (Phi) is 5.95. The number of hydrogen-bond donors (Lipinski definition) is 0. The predicted octanol–water partition coefficient (Wildman–Crippen LogP) is 4.35. The number of furan rings is 1. The number of carbonyl (C=O) groups is 1. The van der Waals surface area contributed by atoms with Crippen molar-refractivity contribution in [1.29, 1.82) is 0 Å². The number of aryl methyl sites for hydroxylation is 2. The van der Waals surface area contributed by atoms with E-state index >= 15 is 0 Å². The number of fused-ring (bicyclic) bond motifs is 1. The number of amides is 1. The minimum absolute atomic E-state index is 0.0715. The number of rotatable bonds is 6. The Bertz CT molecular complexity index is 1310. The molecule has 0 radical (unpaired) electrons. The number of thioether (sulfide) groups is 1. The molecule has 0 atom stereocenters. The molecule has 0 unspecified atom stereocenters. The van der Waals surface area contributed by atoms with Gasteiger partial charge in [0.05, 0.1) is 28.9 Å². The van der Waals surface area contributed by atoms with Gasteiger partial charge >= 0.3 is 0 Å². The lowest BCUT2D eigenvalue weighted by molar-refractivity contribution is -0.127. The molecule has 4 rings (SSSR count). The lowest BCUT2D eigenvalue weighted by Crippen LogP contribution is -2.28. The number of carbonyl (C=O) groups excluding carboxylic acids is 1. The summed E-state index contributed by atoms with van der Waals surface area (Å²) in [4.78, 5) is 32.4. The van der Waals surface area contributed by atoms with E-state index in [0.717, 1.165) is 22.8 Å². The van der Waals surface area contributed by atoms with Crippen molar-refractivity contribution in [3.63, 3.8) is 0 Å². The van der Waals surface area contributed by atoms with Crippen LogP contribution < -0.4 is 5.56 Å². The fraction of sp³-hybridized carbons (Fsp3) is 0.208. The van der Waals surface area contributed by atoms with Crippen molar-refractivity contribution in [2.75, 3.05) is 12.8 Å². The van der Waals surface area contributed by atoms with Gasteiger partial charge in [-0.15, -0.1) is 0 Å². The molecule has 2 aromatic carbocycles. The first-order chi connectivity index (χ1) is 14.9. The highest BCUT2D eigenvalue weighted by Gasteiger charge is 2.17. The first kappa shape index (κ1) is 20.9. The Morgan fingerprint density at radius 3 is 2.55 bits per heavy atom. The monoisotopic (exact) mass is 433 g/mol. The van der Waals surface area contributed by atoms with Crippen LogP contribution in [0.3, 0.4) is 0 Å². The molecule has 2 aromatic heterocycles. The van der Waals surface area contributed by atoms with E-state index in [4.69, 9.17) is 9.40 Å². The molecular weight excluding hydrogens is 410 g/mol. The summed E-state index contributed by atoms with van der Waals surface area (Å²) in [5, 5.41) is 1.04. The van der Waals surface area contributed by atoms with Crippen molar-refractivity contribution in [2.45, 2.75) is 25.5 Å². The molecule has 0 saturated carbocycles. The summed E-state index contributed by atoms with van der Waals surface area (Å²) in [7, 11) is 1.74. The van der Waals surface area contributed by atoms with Crippen molar-refractivity contribution in [3.8, 4) is 5.69 Å². The van der Waals surface area contributed by atoms with Crippen LogP contribution in [-0.2, 0) is 11.3 Å². The highest BCUT2D eigenvalue weighted by Crippen LogP contribution is 2.23. The minimum atomic E-state index is -0.144. The molecule has 1 amide bonds. The summed E-state index contributed by atoms with van der Waals surface area (Å²) < 4.78 is 7.17. The molecule has 0 saturated heterocycles. The second-order valence-corrected chi connectivity index (χ2v) is 8.33. The molecule has 0 aliphatic heterocycles. The summed E-state index contributed by atoms with van der Waals surface area (Å²) in [5.41, 5.74) is 2.20. The van der Waals surface area contributed by atoms with Crippen molar-refractivity contribution in [2.24, 2.45) is 0 Å². The molecule has 0 aliphatic rings. The molecule has 0 aliphatic carbocycles. The zero-order chi connectivity index (χ0) is 22.0. The zero-order valence-electron chi connectivity index (χ0n) is 17.7. The van der Waals surface area contributed by atoms with Crippen molar-refractivity contribution < 1.29 is 9.21 Å². The van der Waals surface area contributed by atoms with Crippen LogP contribution in [-0.4, -0.2) is 33.2 Å². The first-order valence-corrected chi connectivity index (χ1v) is 10.9. The third kappa shape index (κ3) is 4.41. The van der Waals surface area contributed by atoms with Crippen LogP contribution in [0, 0.1) is 13.8 Å². The van der Waals surface area contributed by atoms with Crippen LogP contribution in [0.5, 0.6) is 0 Å². The maximum Gasteiger partial charge on any atom is 0.266 e. The fourth-order valence-corrected chi connectivity index (χ4v) is 4.31. The van der Waals surface area contributed by atoms with Crippen LogP contribution in [0.1, 0.15) is 17.1 Å². The lowest BCUT2D eigenvalue weighted by atomic mass is 10.2. The summed E-state index contributed by atoms with van der Waals surface area (Å²) >= 11 is 1.26. The maximum atomic E-state index is 13.3. The van der Waals surface area contributed by atoms with Crippen LogP contribution in [0.25, 0.3) is 16.6 Å². The Morgan fingerprint density at radius 2 is 1.81 bits per heavy atom. The van der Waals surface area contributed by atoms with Gasteiger partial charge in [0.1, 0.15) is 11.5 Å². The summed E-state index contributed by atoms with van der Waals surface area (Å²) in [5.74, 6) is 1.64. The van der Waals surface area contributed by atoms with E-state index in [1.165, 1.54) is 11.8 Å². The third-order valence-corrected chi connectivity index (χ3v) is 5.96. The van der Waals surface area contributed by atoms with Gasteiger partial charge in [-0.05, 0) is 49.7 Å². The molecule has 0 fully saturated rings. The van der Waals surface area contributed by atoms with Crippen molar-refractivity contribution in [1.82, 2.24) is 14.5 Å². The second-order valence-electron chi connectivity index (χ2n) is 7.39. The quantitative estimate of drug-likeness (QED) is 0.334. The van der Waals surface area contributed by atoms with Gasteiger partial charge in [0.25, 0.3) is 5.56 Å². The topological polar surface area (TPSA) is 68.3 Å². The van der Waals surface area contributed by atoms with E-state index < -0.39 is 0 Å². The number of benzene rings is 2. The summed E-state index contributed by atoms with van der Waals surface area (Å²) in [6.07, 6.45) is 0. The normalized spacial score (nSPS) is 11.1. The average molecular weight is 434 g/mol. The number of aromatic nitrogens is 2. The molecule has 0 spiro atoms. The van der Waals surface area contributed by atoms with Gasteiger partial charge in [-0.3, -0.25) is 14.2 Å². The van der Waals surface area contributed by atoms with E-state index in [-0.39, 0.29) is 17.2 Å². The number of para-hydroxylation sites is 2. The van der Waals surface area contributed by atoms with Crippen LogP contribution in [0.15, 0.2) is 75.0 Å². The third-order valence-electron chi connectivity index (χ3n) is 5.04. The molecular formula is C24H23N3O3S. The molecule has 4 aromatic rings. The number of hydrogen-bond acceptors (Lipinski definition) is 5. The van der Waals surface area contributed by atoms with Crippen LogP contribution >= 0.6 is 11.8 Å². The van der Waals surface area contributed by atoms with Crippen molar-refractivity contribution >= 4 is 28.6 Å². The van der Waals surface area contributed by atoms with E-state index in [9.17, 15) is 9.59 Å². The van der Waals surface area contributed by atoms with Gasteiger partial charge in [0.2, 0.25) is 5.91 Å². The maximum absolute atomic E-state index is 13.3. The van der Waals surface area contributed by atoms with Gasteiger partial charge in [-0.2, -0.15) is 0 Å². The van der Waals surface area contributed by atoms with Crippen molar-refractivity contribution in [3.05, 3.63) is 88.1 Å². The van der Waals surface area contributed by atoms with Gasteiger partial charge in [-0.1, -0.05) is 42.1 Å². The molecule has 6 nitrogen and oxygen atoms in total. The first-order valence-electron chi connectivity index (χ1n) is 9.94. The average Bonchev–Trinajstić information content (AvgIpc) is 3.17. The smallest absolute Gasteiger partial charge is 0.266 e. The fourth-order valence-electron chi connectivity index (χ4n) is 3.36. The molecule has 0 N–H and O–H groups in total. The standard InChI is InChI=1S/C24H23N3O3S/c1-16-8-4-7-11-21(16)27-23(29)19-9-5-6-10-20(19)25-24(27)31-15-22(28)26(3)14-18-13-12-17(2)30-18/h4-13H,14-15H2,1-3H3. The Morgan fingerprint density at radius 1 is 1.06 bits per heavy atom. The summed E-state index contributed by atoms with van der Waals surface area (Å²) in [6.45, 7) is 4.22. The van der Waals surface area contributed by atoms with E-state index in [1.54, 1.807) is 22.6 Å². The Balaban J connectivity index is 1.65. The van der Waals surface area contributed by atoms with Crippen LogP contribution in [0.4, 0.5) is 0 Å². The molecule has 0 bridgehead atoms. The minimum Gasteiger partial charge on any atom is -0.464 e. The predicted molar refractivity (Wildman–Crippen MR) is 123 cm³/mol. The highest BCUT2D eigenvalue weighted by molar-refractivity contribution is 7.99. The molecule has 31 heavy (non-hydrogen) atoms. The zero-order valence-corrected chi connectivity index (χ0v) is 18.5. The van der Waals surface area contributed by atoms with Crippen LogP contribution in [0.2, 0.25) is 0 Å². The number of nitrogens with zero attached hydrogens (tertiary/aromatic N) is 3. The Hall–Kier alpha value is -3.32. The van der Waals surface area contributed by atoms with Gasteiger partial charge in [0.15, 0.2) is 5.16 Å². The van der Waals surface area contributed by atoms with E-state index in [0.29, 0.717) is 22.6 Å². The van der Waals surface area contributed by atoms with E-state index in [1.807, 2.05) is 68.4 Å². The molecule has 7 heteroatoms. The Labute approximate surface area is 184 Å². The highest BCUT2D eigenvalue weighted by atomic mass is 32.2. The summed E-state index contributed by atoms with van der Waals surface area (Å²) in [6, 6.07) is 18.7. The van der Waals surface area contributed by atoms with E-state index in [2.05, 4.69) is 0 Å². The lowest BCUT2D eigenvalue weighted by Gasteiger charge is -2.17. The second kappa shape index (κ2) is 8.81. The molecule has 158 valence electrons.